The van der Waals surface area contributed by atoms with Gasteiger partial charge in [0.1, 0.15) is 7.05 Å². The van der Waals surface area contributed by atoms with Crippen LogP contribution in [0, 0.1) is 0 Å². The minimum Gasteiger partial charge on any atom is -0.363 e. The Morgan fingerprint density at radius 1 is 1.00 bits per heavy atom. The van der Waals surface area contributed by atoms with Gasteiger partial charge in [-0.3, -0.25) is 0 Å². The molecule has 3 rings (SSSR count). The third-order valence-corrected chi connectivity index (χ3v) is 6.37. The number of allylic oxidation sites excluding steroid dienone is 1. The van der Waals surface area contributed by atoms with Crippen molar-refractivity contribution in [2.45, 2.75) is 46.0 Å². The van der Waals surface area contributed by atoms with Crippen LogP contribution in [-0.2, 0) is 5.41 Å². The average Bonchev–Trinajstić information content (AvgIpc) is 3.16. The quantitative estimate of drug-likeness (QED) is 0.536. The van der Waals surface area contributed by atoms with Gasteiger partial charge in [-0.15, -0.1) is 11.3 Å². The maximum atomic E-state index is 2.51. The van der Waals surface area contributed by atoms with E-state index in [1.807, 2.05) is 11.3 Å². The minimum atomic E-state index is 0.0401. The summed E-state index contributed by atoms with van der Waals surface area (Å²) >= 11 is 1.90. The van der Waals surface area contributed by atoms with Crippen LogP contribution < -0.4 is 4.90 Å². The van der Waals surface area contributed by atoms with E-state index in [1.165, 1.54) is 39.7 Å². The van der Waals surface area contributed by atoms with Gasteiger partial charge in [-0.05, 0) is 44.9 Å². The Morgan fingerprint density at radius 2 is 1.69 bits per heavy atom. The second-order valence-electron chi connectivity index (χ2n) is 7.58. The molecule has 2 aromatic rings. The van der Waals surface area contributed by atoms with Crippen LogP contribution in [0.15, 0.2) is 42.5 Å². The fraction of sp³-hybridized carbons (Fsp3) is 0.435. The standard InChI is InChI=1S/C23H31N2S/c1-6-16-25(17-7-2)22-15-13-18(26-22)12-14-21-23(3,4)19-10-8-9-11-20(19)24(21)5/h8-15H,6-7,16-17H2,1-5H3/q+1. The number of anilines is 1. The zero-order valence-corrected chi connectivity index (χ0v) is 17.6. The molecule has 3 heteroatoms. The third-order valence-electron chi connectivity index (χ3n) is 5.26. The first-order valence-electron chi connectivity index (χ1n) is 9.72. The lowest BCUT2D eigenvalue weighted by Gasteiger charge is -2.21. The Labute approximate surface area is 162 Å². The van der Waals surface area contributed by atoms with E-state index in [1.54, 1.807) is 0 Å². The normalized spacial score (nSPS) is 15.7. The lowest BCUT2D eigenvalue weighted by atomic mass is 9.81. The first-order valence-corrected chi connectivity index (χ1v) is 10.5. The fourth-order valence-corrected chi connectivity index (χ4v) is 4.90. The number of fused-ring (bicyclic) bond motifs is 1. The Balaban J connectivity index is 1.84. The molecule has 0 saturated heterocycles. The minimum absolute atomic E-state index is 0.0401. The molecule has 0 radical (unpaired) electrons. The van der Waals surface area contributed by atoms with Crippen LogP contribution in [0.1, 0.15) is 51.0 Å². The molecule has 0 amide bonds. The highest BCUT2D eigenvalue weighted by molar-refractivity contribution is 7.16. The molecule has 0 saturated carbocycles. The van der Waals surface area contributed by atoms with E-state index in [-0.39, 0.29) is 5.41 Å². The lowest BCUT2D eigenvalue weighted by Crippen LogP contribution is -2.26. The highest BCUT2D eigenvalue weighted by Crippen LogP contribution is 2.39. The lowest BCUT2D eigenvalue weighted by molar-refractivity contribution is -0.401. The molecular weight excluding hydrogens is 336 g/mol. The van der Waals surface area contributed by atoms with Crippen molar-refractivity contribution in [3.05, 3.63) is 52.9 Å². The van der Waals surface area contributed by atoms with Crippen molar-refractivity contribution < 1.29 is 4.58 Å². The number of hydrogen-bond acceptors (Lipinski definition) is 2. The zero-order valence-electron chi connectivity index (χ0n) is 16.7. The molecule has 2 heterocycles. The summed E-state index contributed by atoms with van der Waals surface area (Å²) < 4.78 is 2.33. The van der Waals surface area contributed by atoms with Crippen molar-refractivity contribution in [1.29, 1.82) is 0 Å². The van der Waals surface area contributed by atoms with E-state index in [0.717, 1.165) is 13.1 Å². The highest BCUT2D eigenvalue weighted by atomic mass is 32.1. The molecule has 1 aliphatic heterocycles. The highest BCUT2D eigenvalue weighted by Gasteiger charge is 2.42. The van der Waals surface area contributed by atoms with Gasteiger partial charge >= 0.3 is 0 Å². The number of para-hydroxylation sites is 1. The Hall–Kier alpha value is -1.87. The predicted octanol–water partition coefficient (Wildman–Crippen LogP) is 6.09. The molecule has 0 fully saturated rings. The molecule has 26 heavy (non-hydrogen) atoms. The smallest absolute Gasteiger partial charge is 0.209 e. The largest absolute Gasteiger partial charge is 0.363 e. The summed E-state index contributed by atoms with van der Waals surface area (Å²) in [7, 11) is 2.18. The molecule has 0 spiro atoms. The molecule has 0 bridgehead atoms. The molecule has 2 nitrogen and oxygen atoms in total. The Morgan fingerprint density at radius 3 is 2.35 bits per heavy atom. The first kappa shape index (κ1) is 18.9. The van der Waals surface area contributed by atoms with Crippen LogP contribution in [0.5, 0.6) is 0 Å². The molecule has 0 atom stereocenters. The van der Waals surface area contributed by atoms with Crippen molar-refractivity contribution >= 4 is 33.8 Å². The van der Waals surface area contributed by atoms with Crippen molar-refractivity contribution in [2.75, 3.05) is 25.0 Å². The molecule has 1 aliphatic rings. The van der Waals surface area contributed by atoms with E-state index in [2.05, 4.69) is 92.8 Å². The molecule has 138 valence electrons. The van der Waals surface area contributed by atoms with E-state index in [4.69, 9.17) is 0 Å². The van der Waals surface area contributed by atoms with Gasteiger partial charge in [-0.1, -0.05) is 32.0 Å². The molecular formula is C23H31N2S+. The molecule has 0 N–H and O–H groups in total. The van der Waals surface area contributed by atoms with E-state index in [9.17, 15) is 0 Å². The van der Waals surface area contributed by atoms with Gasteiger partial charge in [0, 0.05) is 35.7 Å². The number of hydrogen-bond donors (Lipinski definition) is 0. The van der Waals surface area contributed by atoms with E-state index >= 15 is 0 Å². The van der Waals surface area contributed by atoms with Crippen molar-refractivity contribution in [3.8, 4) is 0 Å². The van der Waals surface area contributed by atoms with Gasteiger partial charge < -0.3 is 4.90 Å². The zero-order chi connectivity index (χ0) is 18.7. The summed E-state index contributed by atoms with van der Waals surface area (Å²) in [4.78, 5) is 3.83. The summed E-state index contributed by atoms with van der Waals surface area (Å²) in [5.74, 6) is 0. The maximum absolute atomic E-state index is 2.51. The molecule has 0 unspecified atom stereocenters. The predicted molar refractivity (Wildman–Crippen MR) is 116 cm³/mol. The second kappa shape index (κ2) is 7.79. The van der Waals surface area contributed by atoms with Crippen molar-refractivity contribution in [1.82, 2.24) is 0 Å². The van der Waals surface area contributed by atoms with Crippen LogP contribution >= 0.6 is 11.3 Å². The Kier molecular flexibility index (Phi) is 5.67. The molecule has 1 aromatic carbocycles. The average molecular weight is 368 g/mol. The summed E-state index contributed by atoms with van der Waals surface area (Å²) in [6.45, 7) is 11.4. The number of benzene rings is 1. The molecule has 0 aliphatic carbocycles. The van der Waals surface area contributed by atoms with E-state index < -0.39 is 0 Å². The summed E-state index contributed by atoms with van der Waals surface area (Å²) in [6.07, 6.45) is 6.97. The monoisotopic (exact) mass is 367 g/mol. The van der Waals surface area contributed by atoms with Gasteiger partial charge in [0.05, 0.1) is 10.4 Å². The Bertz CT molecular complexity index is 820. The van der Waals surface area contributed by atoms with Crippen molar-refractivity contribution in [2.24, 2.45) is 0 Å². The number of nitrogens with zero attached hydrogens (tertiary/aromatic N) is 2. The van der Waals surface area contributed by atoms with Gasteiger partial charge in [0.2, 0.25) is 5.69 Å². The van der Waals surface area contributed by atoms with Crippen LogP contribution in [0.2, 0.25) is 0 Å². The van der Waals surface area contributed by atoms with Crippen LogP contribution in [-0.4, -0.2) is 30.4 Å². The number of rotatable bonds is 7. The topological polar surface area (TPSA) is 6.25 Å². The summed E-state index contributed by atoms with van der Waals surface area (Å²) in [5.41, 5.74) is 4.12. The van der Waals surface area contributed by atoms with Gasteiger partial charge in [0.25, 0.3) is 0 Å². The van der Waals surface area contributed by atoms with Gasteiger partial charge in [-0.25, -0.2) is 0 Å². The SMILES string of the molecule is CCCN(CCC)c1ccc(C=CC2=[N+](C)c3ccccc3C2(C)C)s1. The molecule has 1 aromatic heterocycles. The fourth-order valence-electron chi connectivity index (χ4n) is 3.94. The van der Waals surface area contributed by atoms with Crippen LogP contribution in [0.25, 0.3) is 6.08 Å². The van der Waals surface area contributed by atoms with Crippen LogP contribution in [0.3, 0.4) is 0 Å². The summed E-state index contributed by atoms with van der Waals surface area (Å²) in [5, 5.41) is 1.39. The maximum Gasteiger partial charge on any atom is 0.209 e. The van der Waals surface area contributed by atoms with Gasteiger partial charge in [0.15, 0.2) is 5.71 Å². The van der Waals surface area contributed by atoms with Crippen molar-refractivity contribution in [3.63, 3.8) is 0 Å². The second-order valence-corrected chi connectivity index (χ2v) is 8.68. The van der Waals surface area contributed by atoms with E-state index in [0.29, 0.717) is 0 Å². The van der Waals surface area contributed by atoms with Crippen LogP contribution in [0.4, 0.5) is 10.7 Å². The first-order chi connectivity index (χ1) is 12.5. The number of thiophene rings is 1. The van der Waals surface area contributed by atoms with Gasteiger partial charge in [-0.2, -0.15) is 4.58 Å². The summed E-state index contributed by atoms with van der Waals surface area (Å²) in [6, 6.07) is 13.3. The third kappa shape index (κ3) is 3.50.